The monoisotopic (exact) mass is 293 g/mol. The topological polar surface area (TPSA) is 60.7 Å². The predicted octanol–water partition coefficient (Wildman–Crippen LogP) is 2.03. The largest absolute Gasteiger partial charge is 0.448 e. The SMILES string of the molecule is Cc1c(C(=O)NC[C@@H]2COCCO2)oc2c(F)cccc12. The van der Waals surface area contributed by atoms with Crippen LogP contribution in [-0.4, -0.2) is 38.4 Å². The summed E-state index contributed by atoms with van der Waals surface area (Å²) in [5, 5.41) is 3.34. The Bertz CT molecular complexity index is 661. The van der Waals surface area contributed by atoms with Crippen LogP contribution in [0.15, 0.2) is 22.6 Å². The quantitative estimate of drug-likeness (QED) is 0.940. The van der Waals surface area contributed by atoms with E-state index in [-0.39, 0.29) is 23.4 Å². The van der Waals surface area contributed by atoms with E-state index in [0.29, 0.717) is 37.3 Å². The Kier molecular flexibility index (Phi) is 3.90. The lowest BCUT2D eigenvalue weighted by Crippen LogP contribution is -2.39. The van der Waals surface area contributed by atoms with Crippen LogP contribution >= 0.6 is 0 Å². The summed E-state index contributed by atoms with van der Waals surface area (Å²) in [5.41, 5.74) is 0.736. The standard InChI is InChI=1S/C15H16FNO4/c1-9-11-3-2-4-12(16)14(11)21-13(9)15(18)17-7-10-8-19-5-6-20-10/h2-4,10H,5-8H2,1H3,(H,17,18)/t10-/m1/s1. The van der Waals surface area contributed by atoms with Crippen LogP contribution < -0.4 is 5.32 Å². The summed E-state index contributed by atoms with van der Waals surface area (Å²) in [6.45, 7) is 3.62. The first-order valence-corrected chi connectivity index (χ1v) is 6.82. The zero-order valence-corrected chi connectivity index (χ0v) is 11.6. The zero-order chi connectivity index (χ0) is 14.8. The summed E-state index contributed by atoms with van der Waals surface area (Å²) in [5.74, 6) is -0.720. The molecular weight excluding hydrogens is 277 g/mol. The van der Waals surface area contributed by atoms with Crippen molar-refractivity contribution in [1.82, 2.24) is 5.32 Å². The van der Waals surface area contributed by atoms with Crippen molar-refractivity contribution in [2.24, 2.45) is 0 Å². The summed E-state index contributed by atoms with van der Waals surface area (Å²) < 4.78 is 29.7. The average Bonchev–Trinajstić information content (AvgIpc) is 2.85. The molecule has 1 aromatic heterocycles. The highest BCUT2D eigenvalue weighted by molar-refractivity contribution is 5.99. The number of carbonyl (C=O) groups excluding carboxylic acids is 1. The number of ether oxygens (including phenoxy) is 2. The molecule has 1 aromatic carbocycles. The maximum absolute atomic E-state index is 13.7. The van der Waals surface area contributed by atoms with Crippen LogP contribution in [0.4, 0.5) is 4.39 Å². The maximum atomic E-state index is 13.7. The first kappa shape index (κ1) is 14.0. The molecular formula is C15H16FNO4. The van der Waals surface area contributed by atoms with Crippen molar-refractivity contribution < 1.29 is 23.1 Å². The molecule has 112 valence electrons. The fourth-order valence-electron chi connectivity index (χ4n) is 2.37. The third-order valence-electron chi connectivity index (χ3n) is 3.50. The lowest BCUT2D eigenvalue weighted by molar-refractivity contribution is -0.0856. The number of para-hydroxylation sites is 1. The molecule has 3 rings (SSSR count). The fourth-order valence-corrected chi connectivity index (χ4v) is 2.37. The van der Waals surface area contributed by atoms with Crippen LogP contribution in [0, 0.1) is 12.7 Å². The minimum Gasteiger partial charge on any atom is -0.448 e. The molecule has 1 aliphatic rings. The number of fused-ring (bicyclic) bond motifs is 1. The second-order valence-corrected chi connectivity index (χ2v) is 4.95. The van der Waals surface area contributed by atoms with Crippen molar-refractivity contribution in [2.45, 2.75) is 13.0 Å². The minimum atomic E-state index is -0.473. The average molecular weight is 293 g/mol. The number of nitrogens with one attached hydrogen (secondary N) is 1. The fraction of sp³-hybridized carbons (Fsp3) is 0.400. The van der Waals surface area contributed by atoms with Gasteiger partial charge in [0, 0.05) is 17.5 Å². The number of amides is 1. The molecule has 1 aliphatic heterocycles. The second-order valence-electron chi connectivity index (χ2n) is 4.95. The van der Waals surface area contributed by atoms with Crippen LogP contribution in [0.2, 0.25) is 0 Å². The molecule has 0 radical (unpaired) electrons. The number of hydrogen-bond acceptors (Lipinski definition) is 4. The van der Waals surface area contributed by atoms with E-state index in [1.165, 1.54) is 6.07 Å². The zero-order valence-electron chi connectivity index (χ0n) is 11.6. The van der Waals surface area contributed by atoms with Gasteiger partial charge in [-0.1, -0.05) is 12.1 Å². The summed E-state index contributed by atoms with van der Waals surface area (Å²) in [4.78, 5) is 12.2. The minimum absolute atomic E-state index is 0.109. The Hall–Kier alpha value is -1.92. The second kappa shape index (κ2) is 5.83. The van der Waals surface area contributed by atoms with Gasteiger partial charge in [0.05, 0.1) is 25.9 Å². The number of aryl methyl sites for hydroxylation is 1. The van der Waals surface area contributed by atoms with E-state index in [1.54, 1.807) is 19.1 Å². The van der Waals surface area contributed by atoms with E-state index in [9.17, 15) is 9.18 Å². The van der Waals surface area contributed by atoms with Crippen molar-refractivity contribution in [3.63, 3.8) is 0 Å². The van der Waals surface area contributed by atoms with Gasteiger partial charge in [0.25, 0.3) is 5.91 Å². The molecule has 0 aliphatic carbocycles. The van der Waals surface area contributed by atoms with Gasteiger partial charge in [-0.2, -0.15) is 0 Å². The maximum Gasteiger partial charge on any atom is 0.287 e. The molecule has 1 N–H and O–H groups in total. The molecule has 5 nitrogen and oxygen atoms in total. The van der Waals surface area contributed by atoms with Crippen LogP contribution in [0.5, 0.6) is 0 Å². The van der Waals surface area contributed by atoms with Gasteiger partial charge in [-0.15, -0.1) is 0 Å². The number of furan rings is 1. The van der Waals surface area contributed by atoms with Gasteiger partial charge < -0.3 is 19.2 Å². The third kappa shape index (κ3) is 2.77. The Labute approximate surface area is 121 Å². The summed E-state index contributed by atoms with van der Waals surface area (Å²) in [6, 6.07) is 4.63. The van der Waals surface area contributed by atoms with E-state index in [4.69, 9.17) is 13.9 Å². The van der Waals surface area contributed by atoms with Gasteiger partial charge in [0.2, 0.25) is 0 Å². The molecule has 0 bridgehead atoms. The number of benzene rings is 1. The summed E-state index contributed by atoms with van der Waals surface area (Å²) in [6.07, 6.45) is -0.163. The van der Waals surface area contributed by atoms with Crippen LogP contribution in [0.1, 0.15) is 16.1 Å². The van der Waals surface area contributed by atoms with Gasteiger partial charge in [0.1, 0.15) is 0 Å². The molecule has 21 heavy (non-hydrogen) atoms. The predicted molar refractivity (Wildman–Crippen MR) is 73.8 cm³/mol. The number of halogens is 1. The highest BCUT2D eigenvalue weighted by atomic mass is 19.1. The highest BCUT2D eigenvalue weighted by Gasteiger charge is 2.21. The Morgan fingerprint density at radius 1 is 1.43 bits per heavy atom. The number of carbonyl (C=O) groups is 1. The molecule has 1 saturated heterocycles. The molecule has 6 heteroatoms. The third-order valence-corrected chi connectivity index (χ3v) is 3.50. The normalized spacial score (nSPS) is 18.9. The van der Waals surface area contributed by atoms with Crippen LogP contribution in [0.25, 0.3) is 11.0 Å². The Balaban J connectivity index is 1.75. The number of rotatable bonds is 3. The van der Waals surface area contributed by atoms with Crippen molar-refractivity contribution in [3.05, 3.63) is 35.3 Å². The van der Waals surface area contributed by atoms with Gasteiger partial charge in [-0.3, -0.25) is 4.79 Å². The lowest BCUT2D eigenvalue weighted by atomic mass is 10.1. The van der Waals surface area contributed by atoms with E-state index >= 15 is 0 Å². The Morgan fingerprint density at radius 3 is 3.00 bits per heavy atom. The molecule has 0 spiro atoms. The lowest BCUT2D eigenvalue weighted by Gasteiger charge is -2.22. The van der Waals surface area contributed by atoms with Crippen molar-refractivity contribution >= 4 is 16.9 Å². The van der Waals surface area contributed by atoms with Crippen molar-refractivity contribution in [3.8, 4) is 0 Å². The first-order chi connectivity index (χ1) is 10.2. The van der Waals surface area contributed by atoms with Crippen LogP contribution in [-0.2, 0) is 9.47 Å². The van der Waals surface area contributed by atoms with Crippen molar-refractivity contribution in [1.29, 1.82) is 0 Å². The number of hydrogen-bond donors (Lipinski definition) is 1. The Morgan fingerprint density at radius 2 is 2.29 bits per heavy atom. The first-order valence-electron chi connectivity index (χ1n) is 6.82. The molecule has 1 fully saturated rings. The van der Waals surface area contributed by atoms with E-state index in [2.05, 4.69) is 5.32 Å². The van der Waals surface area contributed by atoms with Gasteiger partial charge in [-0.05, 0) is 13.0 Å². The molecule has 1 atom stereocenters. The smallest absolute Gasteiger partial charge is 0.287 e. The molecule has 2 aromatic rings. The van der Waals surface area contributed by atoms with Gasteiger partial charge >= 0.3 is 0 Å². The molecule has 1 amide bonds. The molecule has 0 saturated carbocycles. The van der Waals surface area contributed by atoms with E-state index in [1.807, 2.05) is 0 Å². The van der Waals surface area contributed by atoms with E-state index in [0.717, 1.165) is 0 Å². The van der Waals surface area contributed by atoms with Crippen molar-refractivity contribution in [2.75, 3.05) is 26.4 Å². The van der Waals surface area contributed by atoms with Gasteiger partial charge in [-0.25, -0.2) is 4.39 Å². The molecule has 0 unspecified atom stereocenters. The van der Waals surface area contributed by atoms with Gasteiger partial charge in [0.15, 0.2) is 17.2 Å². The van der Waals surface area contributed by atoms with E-state index < -0.39 is 5.82 Å². The molecule has 2 heterocycles. The highest BCUT2D eigenvalue weighted by Crippen LogP contribution is 2.27. The summed E-state index contributed by atoms with van der Waals surface area (Å²) in [7, 11) is 0. The van der Waals surface area contributed by atoms with Crippen LogP contribution in [0.3, 0.4) is 0 Å². The summed E-state index contributed by atoms with van der Waals surface area (Å²) >= 11 is 0.